The summed E-state index contributed by atoms with van der Waals surface area (Å²) in [5.74, 6) is -0.217. The number of carbonyl (C=O) groups excluding carboxylic acids is 1. The highest BCUT2D eigenvalue weighted by Crippen LogP contribution is 2.25. The predicted molar refractivity (Wildman–Crippen MR) is 97.4 cm³/mol. The van der Waals surface area contributed by atoms with Gasteiger partial charge < -0.3 is 19.5 Å². The number of hydrogen-bond donors (Lipinski definition) is 1. The zero-order valence-electron chi connectivity index (χ0n) is 15.9. The summed E-state index contributed by atoms with van der Waals surface area (Å²) in [6, 6.07) is 6.31. The first-order chi connectivity index (χ1) is 12.2. The smallest absolute Gasteiger partial charge is 0.410 e. The molecule has 0 spiro atoms. The average molecular weight is 364 g/mol. The molecule has 0 aliphatic carbocycles. The highest BCUT2D eigenvalue weighted by atomic mass is 16.6. The van der Waals surface area contributed by atoms with Crippen molar-refractivity contribution in [3.05, 3.63) is 29.8 Å². The standard InChI is InChI=1S/C19H28N2O5/c1-19(2,3)26-18(24)21-11-5-10-20(12-13-21)16(17(22)23)14-6-8-15(25-4)9-7-14/h6-9,16H,5,10-13H2,1-4H3,(H,22,23)/t16-/m0/s1. The topological polar surface area (TPSA) is 79.3 Å². The molecule has 1 amide bonds. The molecule has 144 valence electrons. The monoisotopic (exact) mass is 364 g/mol. The molecule has 1 atom stereocenters. The molecule has 1 aliphatic heterocycles. The maximum atomic E-state index is 12.3. The fraction of sp³-hybridized carbons (Fsp3) is 0.579. The van der Waals surface area contributed by atoms with Gasteiger partial charge in [0.2, 0.25) is 0 Å². The second kappa shape index (κ2) is 8.40. The number of benzene rings is 1. The van der Waals surface area contributed by atoms with Crippen LogP contribution in [0.3, 0.4) is 0 Å². The minimum absolute atomic E-state index is 0.351. The van der Waals surface area contributed by atoms with Gasteiger partial charge in [0.1, 0.15) is 17.4 Å². The fourth-order valence-corrected chi connectivity index (χ4v) is 3.00. The van der Waals surface area contributed by atoms with Crippen LogP contribution in [0.1, 0.15) is 38.8 Å². The van der Waals surface area contributed by atoms with Crippen LogP contribution < -0.4 is 4.74 Å². The van der Waals surface area contributed by atoms with Gasteiger partial charge in [0.15, 0.2) is 0 Å². The van der Waals surface area contributed by atoms with E-state index in [-0.39, 0.29) is 6.09 Å². The van der Waals surface area contributed by atoms with E-state index < -0.39 is 17.6 Å². The van der Waals surface area contributed by atoms with E-state index in [1.165, 1.54) is 0 Å². The van der Waals surface area contributed by atoms with Gasteiger partial charge >= 0.3 is 12.1 Å². The molecule has 1 fully saturated rings. The Kier molecular flexibility index (Phi) is 6.47. The van der Waals surface area contributed by atoms with Gasteiger partial charge in [0, 0.05) is 26.2 Å². The van der Waals surface area contributed by atoms with Crippen molar-refractivity contribution < 1.29 is 24.2 Å². The molecule has 1 aliphatic rings. The second-order valence-corrected chi connectivity index (χ2v) is 7.37. The SMILES string of the molecule is COc1ccc([C@@H](C(=O)O)N2CCCN(C(=O)OC(C)(C)C)CC2)cc1. The molecular weight excluding hydrogens is 336 g/mol. The fourth-order valence-electron chi connectivity index (χ4n) is 3.00. The lowest BCUT2D eigenvalue weighted by molar-refractivity contribution is -0.143. The molecule has 0 bridgehead atoms. The molecule has 7 nitrogen and oxygen atoms in total. The van der Waals surface area contributed by atoms with Crippen molar-refractivity contribution in [2.75, 3.05) is 33.3 Å². The number of carboxylic acids is 1. The van der Waals surface area contributed by atoms with Gasteiger partial charge in [-0.1, -0.05) is 12.1 Å². The quantitative estimate of drug-likeness (QED) is 0.885. The number of ether oxygens (including phenoxy) is 2. The van der Waals surface area contributed by atoms with Crippen molar-refractivity contribution in [1.82, 2.24) is 9.80 Å². The van der Waals surface area contributed by atoms with Gasteiger partial charge in [-0.05, 0) is 44.9 Å². The number of carboxylic acid groups (broad SMARTS) is 1. The molecule has 2 rings (SSSR count). The Morgan fingerprint density at radius 2 is 1.73 bits per heavy atom. The van der Waals surface area contributed by atoms with E-state index in [1.807, 2.05) is 25.7 Å². The van der Waals surface area contributed by atoms with Gasteiger partial charge in [0.05, 0.1) is 7.11 Å². The van der Waals surface area contributed by atoms with Crippen LogP contribution >= 0.6 is 0 Å². The number of nitrogens with zero attached hydrogens (tertiary/aromatic N) is 2. The minimum Gasteiger partial charge on any atom is -0.497 e. The Labute approximate surface area is 154 Å². The summed E-state index contributed by atoms with van der Waals surface area (Å²) in [5, 5.41) is 9.75. The molecule has 7 heteroatoms. The Morgan fingerprint density at radius 1 is 1.08 bits per heavy atom. The van der Waals surface area contributed by atoms with E-state index in [0.717, 1.165) is 0 Å². The lowest BCUT2D eigenvalue weighted by Gasteiger charge is -2.28. The van der Waals surface area contributed by atoms with Gasteiger partial charge in [0.25, 0.3) is 0 Å². The Bertz CT molecular complexity index is 624. The maximum Gasteiger partial charge on any atom is 0.410 e. The first kappa shape index (κ1) is 20.0. The molecule has 1 saturated heterocycles. The van der Waals surface area contributed by atoms with Crippen LogP contribution in [0, 0.1) is 0 Å². The van der Waals surface area contributed by atoms with Crippen molar-refractivity contribution in [3.63, 3.8) is 0 Å². The van der Waals surface area contributed by atoms with Crippen LogP contribution in [0.25, 0.3) is 0 Å². The van der Waals surface area contributed by atoms with Crippen LogP contribution in [0.2, 0.25) is 0 Å². The van der Waals surface area contributed by atoms with Crippen LogP contribution in [-0.2, 0) is 9.53 Å². The van der Waals surface area contributed by atoms with Crippen LogP contribution in [-0.4, -0.2) is 65.9 Å². The number of amides is 1. The van der Waals surface area contributed by atoms with E-state index in [0.29, 0.717) is 43.9 Å². The summed E-state index contributed by atoms with van der Waals surface area (Å²) in [7, 11) is 1.57. The Balaban J connectivity index is 2.09. The number of methoxy groups -OCH3 is 1. The Morgan fingerprint density at radius 3 is 2.27 bits per heavy atom. The molecule has 0 unspecified atom stereocenters. The van der Waals surface area contributed by atoms with E-state index in [9.17, 15) is 14.7 Å². The summed E-state index contributed by atoms with van der Waals surface area (Å²) < 4.78 is 10.6. The van der Waals surface area contributed by atoms with Crippen molar-refractivity contribution in [2.24, 2.45) is 0 Å². The largest absolute Gasteiger partial charge is 0.497 e. The molecule has 0 aromatic heterocycles. The van der Waals surface area contributed by atoms with Gasteiger partial charge in [-0.25, -0.2) is 4.79 Å². The molecule has 1 N–H and O–H groups in total. The molecule has 0 saturated carbocycles. The van der Waals surface area contributed by atoms with Gasteiger partial charge in [-0.2, -0.15) is 0 Å². The normalized spacial score (nSPS) is 17.3. The summed E-state index contributed by atoms with van der Waals surface area (Å²) in [6.07, 6.45) is 0.342. The van der Waals surface area contributed by atoms with Crippen LogP contribution in [0.4, 0.5) is 4.79 Å². The van der Waals surface area contributed by atoms with Crippen molar-refractivity contribution in [1.29, 1.82) is 0 Å². The number of hydrogen-bond acceptors (Lipinski definition) is 5. The number of carbonyl (C=O) groups is 2. The summed E-state index contributed by atoms with van der Waals surface area (Å²) in [5.41, 5.74) is 0.152. The third kappa shape index (κ3) is 5.36. The van der Waals surface area contributed by atoms with Crippen molar-refractivity contribution in [3.8, 4) is 5.75 Å². The van der Waals surface area contributed by atoms with Gasteiger partial charge in [-0.15, -0.1) is 0 Å². The third-order valence-electron chi connectivity index (χ3n) is 4.21. The van der Waals surface area contributed by atoms with E-state index in [2.05, 4.69) is 0 Å². The zero-order chi connectivity index (χ0) is 19.3. The van der Waals surface area contributed by atoms with Crippen LogP contribution in [0.15, 0.2) is 24.3 Å². The van der Waals surface area contributed by atoms with Crippen LogP contribution in [0.5, 0.6) is 5.75 Å². The zero-order valence-corrected chi connectivity index (χ0v) is 15.9. The second-order valence-electron chi connectivity index (χ2n) is 7.37. The highest BCUT2D eigenvalue weighted by molar-refractivity contribution is 5.75. The molecule has 1 aromatic rings. The molecule has 26 heavy (non-hydrogen) atoms. The van der Waals surface area contributed by atoms with Crippen molar-refractivity contribution >= 4 is 12.1 Å². The summed E-state index contributed by atoms with van der Waals surface area (Å²) >= 11 is 0. The van der Waals surface area contributed by atoms with Gasteiger partial charge in [-0.3, -0.25) is 9.69 Å². The molecule has 1 aromatic carbocycles. The van der Waals surface area contributed by atoms with E-state index in [4.69, 9.17) is 9.47 Å². The summed E-state index contributed by atoms with van der Waals surface area (Å²) in [6.45, 7) is 7.57. The molecular formula is C19H28N2O5. The van der Waals surface area contributed by atoms with E-state index in [1.54, 1.807) is 36.3 Å². The average Bonchev–Trinajstić information content (AvgIpc) is 2.80. The number of rotatable bonds is 4. The lowest BCUT2D eigenvalue weighted by Crippen LogP contribution is -2.40. The minimum atomic E-state index is -0.902. The highest BCUT2D eigenvalue weighted by Gasteiger charge is 2.31. The molecule has 0 radical (unpaired) electrons. The molecule has 1 heterocycles. The first-order valence-corrected chi connectivity index (χ1v) is 8.80. The lowest BCUT2D eigenvalue weighted by atomic mass is 10.0. The Hall–Kier alpha value is -2.28. The third-order valence-corrected chi connectivity index (χ3v) is 4.21. The first-order valence-electron chi connectivity index (χ1n) is 8.80. The maximum absolute atomic E-state index is 12.3. The van der Waals surface area contributed by atoms with Crippen molar-refractivity contribution in [2.45, 2.75) is 38.8 Å². The predicted octanol–water partition coefficient (Wildman–Crippen LogP) is 2.76. The number of aliphatic carboxylic acids is 1. The summed E-state index contributed by atoms with van der Waals surface area (Å²) in [4.78, 5) is 27.7. The van der Waals surface area contributed by atoms with E-state index >= 15 is 0 Å².